The first-order valence-electron chi connectivity index (χ1n) is 14.7. The van der Waals surface area contributed by atoms with Crippen molar-refractivity contribution in [1.29, 1.82) is 0 Å². The molecular formula is C34H37N9. The van der Waals surface area contributed by atoms with Gasteiger partial charge in [0.2, 0.25) is 0 Å². The van der Waals surface area contributed by atoms with E-state index in [1.807, 2.05) is 0 Å². The Morgan fingerprint density at radius 2 is 0.721 bits per heavy atom. The van der Waals surface area contributed by atoms with E-state index in [0.717, 1.165) is 32.4 Å². The molecule has 0 spiro atoms. The maximum Gasteiger partial charge on any atom is 0.0938 e. The van der Waals surface area contributed by atoms with Gasteiger partial charge in [-0.15, -0.1) is 0 Å². The lowest BCUT2D eigenvalue weighted by Crippen LogP contribution is -2.24. The highest BCUT2D eigenvalue weighted by atomic mass is 15.4. The first-order chi connectivity index (χ1) is 20.9. The molecule has 9 heteroatoms. The SMILES string of the molecule is CN1C=CN(c2cc(N3C=CN(C)C3)cc(-n3c4cc(N5C=CN(C)C5)ccc4c4ccc(N5C=CN(C)C5)cc43)c2)C1. The van der Waals surface area contributed by atoms with Gasteiger partial charge in [0.25, 0.3) is 0 Å². The number of rotatable bonds is 5. The van der Waals surface area contributed by atoms with Crippen LogP contribution in [-0.4, -0.2) is 79.0 Å². The van der Waals surface area contributed by atoms with Crippen LogP contribution in [-0.2, 0) is 0 Å². The summed E-state index contributed by atoms with van der Waals surface area (Å²) >= 11 is 0. The summed E-state index contributed by atoms with van der Waals surface area (Å²) in [4.78, 5) is 18.0. The number of anilines is 4. The Labute approximate surface area is 252 Å². The van der Waals surface area contributed by atoms with Gasteiger partial charge in [0.1, 0.15) is 0 Å². The van der Waals surface area contributed by atoms with E-state index in [-0.39, 0.29) is 0 Å². The zero-order valence-corrected chi connectivity index (χ0v) is 25.2. The smallest absolute Gasteiger partial charge is 0.0938 e. The van der Waals surface area contributed by atoms with Crippen LogP contribution >= 0.6 is 0 Å². The Bertz CT molecular complexity index is 1720. The van der Waals surface area contributed by atoms with Crippen molar-refractivity contribution in [2.75, 3.05) is 74.5 Å². The Hall–Kier alpha value is -5.18. The van der Waals surface area contributed by atoms with Gasteiger partial charge >= 0.3 is 0 Å². The van der Waals surface area contributed by atoms with E-state index in [4.69, 9.17) is 0 Å². The van der Waals surface area contributed by atoms with Crippen LogP contribution in [0, 0.1) is 0 Å². The largest absolute Gasteiger partial charge is 0.361 e. The van der Waals surface area contributed by atoms with Gasteiger partial charge in [-0.25, -0.2) is 0 Å². The second-order valence-corrected chi connectivity index (χ2v) is 12.1. The lowest BCUT2D eigenvalue weighted by atomic mass is 10.1. The molecule has 1 aromatic heterocycles. The predicted octanol–water partition coefficient (Wildman–Crippen LogP) is 5.51. The van der Waals surface area contributed by atoms with E-state index in [9.17, 15) is 0 Å². The van der Waals surface area contributed by atoms with Crippen LogP contribution in [0.3, 0.4) is 0 Å². The number of hydrogen-bond acceptors (Lipinski definition) is 8. The van der Waals surface area contributed by atoms with Crippen molar-refractivity contribution in [3.8, 4) is 5.69 Å². The normalized spacial score (nSPS) is 18.0. The third-order valence-corrected chi connectivity index (χ3v) is 8.71. The number of aromatic nitrogens is 1. The first kappa shape index (κ1) is 25.5. The average Bonchev–Trinajstić information content (AvgIpc) is 3.84. The second kappa shape index (κ2) is 9.69. The lowest BCUT2D eigenvalue weighted by Gasteiger charge is -2.25. The summed E-state index contributed by atoms with van der Waals surface area (Å²) in [5.74, 6) is 0. The highest BCUT2D eigenvalue weighted by Gasteiger charge is 2.22. The summed E-state index contributed by atoms with van der Waals surface area (Å²) in [7, 11) is 8.45. The molecule has 0 fully saturated rings. The Kier molecular flexibility index (Phi) is 5.75. The van der Waals surface area contributed by atoms with Crippen molar-refractivity contribution in [3.05, 3.63) is 104 Å². The molecule has 218 valence electrons. The zero-order chi connectivity index (χ0) is 29.2. The predicted molar refractivity (Wildman–Crippen MR) is 178 cm³/mol. The monoisotopic (exact) mass is 571 g/mol. The number of benzene rings is 3. The van der Waals surface area contributed by atoms with Crippen LogP contribution in [0.1, 0.15) is 0 Å². The van der Waals surface area contributed by atoms with Crippen LogP contribution in [0.25, 0.3) is 27.5 Å². The van der Waals surface area contributed by atoms with Crippen LogP contribution in [0.15, 0.2) is 104 Å². The number of nitrogens with zero attached hydrogens (tertiary/aromatic N) is 9. The minimum atomic E-state index is 0.823. The highest BCUT2D eigenvalue weighted by molar-refractivity contribution is 6.11. The van der Waals surface area contributed by atoms with Crippen molar-refractivity contribution in [3.63, 3.8) is 0 Å². The van der Waals surface area contributed by atoms with E-state index < -0.39 is 0 Å². The van der Waals surface area contributed by atoms with E-state index >= 15 is 0 Å². The molecule has 0 saturated heterocycles. The summed E-state index contributed by atoms with van der Waals surface area (Å²) in [5.41, 5.74) is 8.27. The van der Waals surface area contributed by atoms with Gasteiger partial charge in [0.15, 0.2) is 0 Å². The molecule has 0 atom stereocenters. The Morgan fingerprint density at radius 3 is 1.07 bits per heavy atom. The van der Waals surface area contributed by atoms with Crippen molar-refractivity contribution in [2.45, 2.75) is 0 Å². The minimum Gasteiger partial charge on any atom is -0.361 e. The molecule has 3 aromatic carbocycles. The van der Waals surface area contributed by atoms with Gasteiger partial charge in [-0.05, 0) is 42.5 Å². The quantitative estimate of drug-likeness (QED) is 0.310. The van der Waals surface area contributed by atoms with Crippen molar-refractivity contribution in [1.82, 2.24) is 24.2 Å². The van der Waals surface area contributed by atoms with E-state index in [0.29, 0.717) is 0 Å². The molecule has 0 aliphatic carbocycles. The van der Waals surface area contributed by atoms with E-state index in [1.54, 1.807) is 0 Å². The fourth-order valence-corrected chi connectivity index (χ4v) is 6.46. The van der Waals surface area contributed by atoms with Crippen molar-refractivity contribution < 1.29 is 0 Å². The maximum absolute atomic E-state index is 2.46. The molecule has 0 amide bonds. The fourth-order valence-electron chi connectivity index (χ4n) is 6.46. The average molecular weight is 572 g/mol. The van der Waals surface area contributed by atoms with Crippen molar-refractivity contribution in [2.24, 2.45) is 0 Å². The molecule has 0 bridgehead atoms. The highest BCUT2D eigenvalue weighted by Crippen LogP contribution is 2.39. The van der Waals surface area contributed by atoms with Gasteiger partial charge in [0, 0.05) is 111 Å². The molecule has 0 N–H and O–H groups in total. The van der Waals surface area contributed by atoms with Gasteiger partial charge in [-0.3, -0.25) is 0 Å². The van der Waals surface area contributed by atoms with Gasteiger partial charge in [-0.2, -0.15) is 0 Å². The molecule has 9 nitrogen and oxygen atoms in total. The number of hydrogen-bond donors (Lipinski definition) is 0. The topological polar surface area (TPSA) is 30.9 Å². The van der Waals surface area contributed by atoms with Crippen LogP contribution in [0.2, 0.25) is 0 Å². The van der Waals surface area contributed by atoms with E-state index in [1.165, 1.54) is 44.6 Å². The summed E-state index contributed by atoms with van der Waals surface area (Å²) < 4.78 is 2.46. The summed E-state index contributed by atoms with van der Waals surface area (Å²) in [6.07, 6.45) is 17.2. The molecular weight excluding hydrogens is 534 g/mol. The summed E-state index contributed by atoms with van der Waals surface area (Å²) in [6.45, 7) is 3.33. The molecule has 5 heterocycles. The summed E-state index contributed by atoms with van der Waals surface area (Å²) in [6, 6.07) is 20.8. The fraction of sp³-hybridized carbons (Fsp3) is 0.235. The molecule has 4 aromatic rings. The minimum absolute atomic E-state index is 0.823. The molecule has 0 unspecified atom stereocenters. The Morgan fingerprint density at radius 1 is 0.372 bits per heavy atom. The summed E-state index contributed by atoms with van der Waals surface area (Å²) in [5, 5.41) is 2.51. The van der Waals surface area contributed by atoms with Gasteiger partial charge < -0.3 is 43.8 Å². The standard InChI is InChI=1S/C34H37N9/c1-35-9-13-39(22-35)26-5-7-31-32-8-6-27(40-14-10-36(2)23-40)21-34(32)43(33(31)20-26)30-18-28(41-15-11-37(3)24-41)17-29(19-30)42-16-12-38(4)25-42/h5-21H,22-25H2,1-4H3. The van der Waals surface area contributed by atoms with Gasteiger partial charge in [0.05, 0.1) is 43.4 Å². The van der Waals surface area contributed by atoms with Crippen LogP contribution in [0.5, 0.6) is 0 Å². The maximum atomic E-state index is 2.46. The number of fused-ring (bicyclic) bond motifs is 3. The Balaban J connectivity index is 1.36. The second-order valence-electron chi connectivity index (χ2n) is 12.1. The molecule has 4 aliphatic heterocycles. The third kappa shape index (κ3) is 4.39. The lowest BCUT2D eigenvalue weighted by molar-refractivity contribution is 0.494. The molecule has 43 heavy (non-hydrogen) atoms. The molecule has 4 aliphatic rings. The molecule has 0 radical (unpaired) electrons. The van der Waals surface area contributed by atoms with Crippen LogP contribution < -0.4 is 19.6 Å². The zero-order valence-electron chi connectivity index (χ0n) is 25.2. The first-order valence-corrected chi connectivity index (χ1v) is 14.7. The molecule has 0 saturated carbocycles. The molecule has 8 rings (SSSR count). The van der Waals surface area contributed by atoms with Crippen LogP contribution in [0.4, 0.5) is 22.7 Å². The third-order valence-electron chi connectivity index (χ3n) is 8.71. The van der Waals surface area contributed by atoms with Gasteiger partial charge in [-0.1, -0.05) is 12.1 Å². The van der Waals surface area contributed by atoms with E-state index in [2.05, 4.69) is 176 Å². The van der Waals surface area contributed by atoms with Crippen molar-refractivity contribution >= 4 is 44.6 Å².